The molecule has 0 spiro atoms. The second-order valence-electron chi connectivity index (χ2n) is 8.68. The number of hydrogen-bond acceptors (Lipinski definition) is 11. The number of benzene rings is 3. The highest BCUT2D eigenvalue weighted by Crippen LogP contribution is 2.21. The van der Waals surface area contributed by atoms with E-state index in [4.69, 9.17) is 20.6 Å². The number of nitrogen functional groups attached to an aromatic ring is 1. The quantitative estimate of drug-likeness (QED) is 0.0678. The summed E-state index contributed by atoms with van der Waals surface area (Å²) >= 11 is 0. The van der Waals surface area contributed by atoms with E-state index in [1.54, 1.807) is 30.3 Å². The molecular formula is C29H33N9O3. The van der Waals surface area contributed by atoms with Gasteiger partial charge in [0, 0.05) is 47.5 Å². The first-order valence-corrected chi connectivity index (χ1v) is 13.1. The fourth-order valence-electron chi connectivity index (χ4n) is 3.62. The van der Waals surface area contributed by atoms with Gasteiger partial charge in [-0.3, -0.25) is 4.79 Å². The van der Waals surface area contributed by atoms with Crippen LogP contribution in [0, 0.1) is 5.41 Å². The van der Waals surface area contributed by atoms with Gasteiger partial charge in [-0.15, -0.1) is 0 Å². The van der Waals surface area contributed by atoms with Crippen LogP contribution in [0.1, 0.15) is 15.9 Å². The van der Waals surface area contributed by atoms with Gasteiger partial charge >= 0.3 is 0 Å². The maximum atomic E-state index is 12.0. The summed E-state index contributed by atoms with van der Waals surface area (Å²) in [5.74, 6) is 0.907. The van der Waals surface area contributed by atoms with Crippen molar-refractivity contribution in [2.24, 2.45) is 0 Å². The first-order chi connectivity index (χ1) is 20.1. The average molecular weight is 556 g/mol. The van der Waals surface area contributed by atoms with Crippen LogP contribution >= 0.6 is 0 Å². The Balaban J connectivity index is 1.22. The molecule has 1 heterocycles. The van der Waals surface area contributed by atoms with E-state index in [2.05, 4.69) is 36.2 Å². The maximum absolute atomic E-state index is 12.0. The van der Waals surface area contributed by atoms with Crippen LogP contribution in [0.15, 0.2) is 78.9 Å². The molecule has 0 aliphatic carbocycles. The van der Waals surface area contributed by atoms with Crippen LogP contribution in [0.25, 0.3) is 0 Å². The molecule has 7 N–H and O–H groups in total. The normalized spacial score (nSPS) is 10.5. The number of carbonyl (C=O) groups excluding carboxylic acids is 1. The maximum Gasteiger partial charge on any atom is 0.251 e. The number of anilines is 6. The Morgan fingerprint density at radius 1 is 0.756 bits per heavy atom. The average Bonchev–Trinajstić information content (AvgIpc) is 2.99. The summed E-state index contributed by atoms with van der Waals surface area (Å²) in [6.45, 7) is 2.50. The molecule has 3 aromatic carbocycles. The summed E-state index contributed by atoms with van der Waals surface area (Å²) in [5, 5.41) is 19.7. The molecule has 0 aliphatic rings. The number of para-hydroxylation sites is 1. The number of nitrogens with one attached hydrogen (secondary N) is 5. The zero-order valence-corrected chi connectivity index (χ0v) is 22.5. The van der Waals surface area contributed by atoms with Crippen molar-refractivity contribution in [3.8, 4) is 0 Å². The predicted octanol–water partition coefficient (Wildman–Crippen LogP) is 3.81. The van der Waals surface area contributed by atoms with Crippen LogP contribution in [0.4, 0.5) is 34.9 Å². The van der Waals surface area contributed by atoms with Crippen molar-refractivity contribution in [1.82, 2.24) is 20.3 Å². The van der Waals surface area contributed by atoms with E-state index in [0.717, 1.165) is 5.69 Å². The summed E-state index contributed by atoms with van der Waals surface area (Å²) in [6, 6.07) is 23.9. The third kappa shape index (κ3) is 9.56. The number of ether oxygens (including phenoxy) is 2. The van der Waals surface area contributed by atoms with E-state index in [1.165, 1.54) is 6.21 Å². The SMILES string of the molecule is N=Cc1ccc(Nc2nc(NCCOCCOCCNC(=O)c3ccccc3)nc(Nc3ccccc3)n2)cc1N. The fraction of sp³-hybridized carbons (Fsp3) is 0.207. The smallest absolute Gasteiger partial charge is 0.251 e. The molecule has 212 valence electrons. The Bertz CT molecular complexity index is 1410. The Kier molecular flexibility index (Phi) is 10.9. The summed E-state index contributed by atoms with van der Waals surface area (Å²) in [5.41, 5.74) is 9.24. The van der Waals surface area contributed by atoms with E-state index >= 15 is 0 Å². The van der Waals surface area contributed by atoms with Gasteiger partial charge in [0.15, 0.2) is 0 Å². The topological polar surface area (TPSA) is 172 Å². The third-order valence-electron chi connectivity index (χ3n) is 5.63. The molecule has 0 radical (unpaired) electrons. The molecule has 12 heteroatoms. The van der Waals surface area contributed by atoms with Crippen molar-refractivity contribution in [1.29, 1.82) is 5.41 Å². The number of hydrogen-bond donors (Lipinski definition) is 6. The lowest BCUT2D eigenvalue weighted by molar-refractivity contribution is 0.0519. The minimum absolute atomic E-state index is 0.125. The molecule has 0 unspecified atom stereocenters. The van der Waals surface area contributed by atoms with Crippen molar-refractivity contribution in [2.75, 3.05) is 61.2 Å². The van der Waals surface area contributed by atoms with Crippen LogP contribution in [-0.4, -0.2) is 66.6 Å². The molecule has 4 rings (SSSR count). The van der Waals surface area contributed by atoms with E-state index in [-0.39, 0.29) is 5.91 Å². The van der Waals surface area contributed by atoms with Crippen molar-refractivity contribution in [3.63, 3.8) is 0 Å². The number of nitrogens with two attached hydrogens (primary N) is 1. The van der Waals surface area contributed by atoms with Gasteiger partial charge in [-0.25, -0.2) is 0 Å². The van der Waals surface area contributed by atoms with Crippen molar-refractivity contribution >= 4 is 47.0 Å². The van der Waals surface area contributed by atoms with Crippen LogP contribution in [0.5, 0.6) is 0 Å². The number of amides is 1. The van der Waals surface area contributed by atoms with Gasteiger partial charge in [-0.2, -0.15) is 15.0 Å². The van der Waals surface area contributed by atoms with Gasteiger partial charge < -0.3 is 41.9 Å². The summed E-state index contributed by atoms with van der Waals surface area (Å²) in [7, 11) is 0. The number of carbonyl (C=O) groups is 1. The lowest BCUT2D eigenvalue weighted by Gasteiger charge is -2.12. The highest BCUT2D eigenvalue weighted by Gasteiger charge is 2.09. The monoisotopic (exact) mass is 555 g/mol. The highest BCUT2D eigenvalue weighted by molar-refractivity contribution is 5.94. The summed E-state index contributed by atoms with van der Waals surface area (Å²) in [6.07, 6.45) is 1.20. The van der Waals surface area contributed by atoms with Gasteiger partial charge in [0.25, 0.3) is 5.91 Å². The fourth-order valence-corrected chi connectivity index (χ4v) is 3.62. The van der Waals surface area contributed by atoms with Crippen molar-refractivity contribution < 1.29 is 14.3 Å². The number of nitrogens with zero attached hydrogens (tertiary/aromatic N) is 3. The second kappa shape index (κ2) is 15.5. The Morgan fingerprint density at radius 3 is 2.02 bits per heavy atom. The van der Waals surface area contributed by atoms with Crippen LogP contribution in [0.3, 0.4) is 0 Å². The minimum Gasteiger partial charge on any atom is -0.398 e. The van der Waals surface area contributed by atoms with Crippen molar-refractivity contribution in [2.45, 2.75) is 0 Å². The van der Waals surface area contributed by atoms with Gasteiger partial charge in [0.1, 0.15) is 0 Å². The molecule has 12 nitrogen and oxygen atoms in total. The van der Waals surface area contributed by atoms with E-state index in [0.29, 0.717) is 79.9 Å². The van der Waals surface area contributed by atoms with Gasteiger partial charge in [-0.05, 0) is 42.5 Å². The molecule has 0 atom stereocenters. The lowest BCUT2D eigenvalue weighted by atomic mass is 10.2. The molecule has 0 saturated heterocycles. The van der Waals surface area contributed by atoms with Crippen molar-refractivity contribution in [3.05, 3.63) is 90.0 Å². The van der Waals surface area contributed by atoms with Gasteiger partial charge in [-0.1, -0.05) is 36.4 Å². The zero-order chi connectivity index (χ0) is 28.7. The molecule has 4 aromatic rings. The molecule has 1 aromatic heterocycles. The first kappa shape index (κ1) is 28.9. The third-order valence-corrected chi connectivity index (χ3v) is 5.63. The molecule has 0 aliphatic heterocycles. The number of aromatic nitrogens is 3. The largest absolute Gasteiger partial charge is 0.398 e. The predicted molar refractivity (Wildman–Crippen MR) is 160 cm³/mol. The van der Waals surface area contributed by atoms with Gasteiger partial charge in [0.05, 0.1) is 26.4 Å². The minimum atomic E-state index is -0.125. The molecule has 41 heavy (non-hydrogen) atoms. The Morgan fingerprint density at radius 2 is 1.37 bits per heavy atom. The van der Waals surface area contributed by atoms with Crippen LogP contribution < -0.4 is 27.0 Å². The summed E-state index contributed by atoms with van der Waals surface area (Å²) < 4.78 is 11.2. The first-order valence-electron chi connectivity index (χ1n) is 13.1. The molecular weight excluding hydrogens is 522 g/mol. The van der Waals surface area contributed by atoms with E-state index in [9.17, 15) is 4.79 Å². The second-order valence-corrected chi connectivity index (χ2v) is 8.68. The Labute approximate surface area is 238 Å². The van der Waals surface area contributed by atoms with Gasteiger partial charge in [0.2, 0.25) is 17.8 Å². The standard InChI is InChI=1S/C29H33N9O3/c30-20-22-11-12-24(19-25(22)31)35-29-37-27(36-28(38-29)34-23-9-5-2-6-10-23)33-14-16-41-18-17-40-15-13-32-26(39)21-7-3-1-4-8-21/h1-12,19-20,30H,13-18,31H2,(H,32,39)(H3,33,34,35,36,37,38). The number of rotatable bonds is 16. The molecule has 1 amide bonds. The van der Waals surface area contributed by atoms with Crippen LogP contribution in [0.2, 0.25) is 0 Å². The molecule has 0 bridgehead atoms. The lowest BCUT2D eigenvalue weighted by Crippen LogP contribution is -2.27. The zero-order valence-electron chi connectivity index (χ0n) is 22.5. The van der Waals surface area contributed by atoms with E-state index < -0.39 is 0 Å². The van der Waals surface area contributed by atoms with Crippen LogP contribution in [-0.2, 0) is 9.47 Å². The molecule has 0 saturated carbocycles. The molecule has 0 fully saturated rings. The highest BCUT2D eigenvalue weighted by atomic mass is 16.5. The Hall–Kier alpha value is -5.07. The van der Waals surface area contributed by atoms with E-state index in [1.807, 2.05) is 48.5 Å². The summed E-state index contributed by atoms with van der Waals surface area (Å²) in [4.78, 5) is 25.4.